The van der Waals surface area contributed by atoms with Crippen LogP contribution in [0.15, 0.2) is 29.3 Å². The van der Waals surface area contributed by atoms with Crippen LogP contribution in [0, 0.1) is 6.92 Å². The summed E-state index contributed by atoms with van der Waals surface area (Å²) in [6, 6.07) is 8.90. The fraction of sp³-hybridized carbons (Fsp3) is 0.562. The fourth-order valence-electron chi connectivity index (χ4n) is 2.13. The third kappa shape index (κ3) is 6.14. The summed E-state index contributed by atoms with van der Waals surface area (Å²) >= 11 is 0. The largest absolute Gasteiger partial charge is 0.383 e. The molecule has 0 fully saturated rings. The van der Waals surface area contributed by atoms with Gasteiger partial charge in [0.2, 0.25) is 0 Å². The highest BCUT2D eigenvalue weighted by atomic mass is 16.5. The van der Waals surface area contributed by atoms with Gasteiger partial charge in [-0.2, -0.15) is 0 Å². The van der Waals surface area contributed by atoms with Crippen molar-refractivity contribution < 1.29 is 4.74 Å². The van der Waals surface area contributed by atoms with Crippen LogP contribution in [0.25, 0.3) is 0 Å². The number of aliphatic imine (C=N–C) groups is 1. The summed E-state index contributed by atoms with van der Waals surface area (Å²) in [6.45, 7) is 5.32. The molecule has 1 aromatic carbocycles. The van der Waals surface area contributed by atoms with E-state index >= 15 is 0 Å². The number of hydrogen-bond acceptors (Lipinski definition) is 3. The standard InChI is InChI=1S/C16H28N4O/c1-12-6-8-14(9-7-12)15(20(3)4)10-18-16(17)19-13(2)11-21-5/h6-9,13,15H,10-11H2,1-5H3,(H3,17,18,19). The summed E-state index contributed by atoms with van der Waals surface area (Å²) in [5, 5.41) is 3.12. The molecule has 0 aromatic heterocycles. The van der Waals surface area contributed by atoms with Crippen molar-refractivity contribution in [1.29, 1.82) is 0 Å². The van der Waals surface area contributed by atoms with Gasteiger partial charge in [0.05, 0.1) is 19.2 Å². The zero-order valence-corrected chi connectivity index (χ0v) is 13.8. The lowest BCUT2D eigenvalue weighted by Crippen LogP contribution is -2.41. The summed E-state index contributed by atoms with van der Waals surface area (Å²) < 4.78 is 5.07. The van der Waals surface area contributed by atoms with Gasteiger partial charge in [-0.05, 0) is 33.5 Å². The Labute approximate surface area is 128 Å². The van der Waals surface area contributed by atoms with Crippen molar-refractivity contribution in [3.05, 3.63) is 35.4 Å². The van der Waals surface area contributed by atoms with Crippen LogP contribution in [-0.2, 0) is 4.74 Å². The smallest absolute Gasteiger partial charge is 0.188 e. The highest BCUT2D eigenvalue weighted by Crippen LogP contribution is 2.18. The Morgan fingerprint density at radius 1 is 1.33 bits per heavy atom. The van der Waals surface area contributed by atoms with Gasteiger partial charge in [-0.3, -0.25) is 4.99 Å². The molecule has 5 nitrogen and oxygen atoms in total. The topological polar surface area (TPSA) is 62.9 Å². The first-order chi connectivity index (χ1) is 9.93. The van der Waals surface area contributed by atoms with E-state index in [1.165, 1.54) is 11.1 Å². The minimum Gasteiger partial charge on any atom is -0.383 e. The van der Waals surface area contributed by atoms with Crippen molar-refractivity contribution in [2.45, 2.75) is 25.9 Å². The second-order valence-electron chi connectivity index (χ2n) is 5.62. The highest BCUT2D eigenvalue weighted by molar-refractivity contribution is 5.78. The van der Waals surface area contributed by atoms with Gasteiger partial charge in [0.25, 0.3) is 0 Å². The number of ether oxygens (including phenoxy) is 1. The van der Waals surface area contributed by atoms with Crippen LogP contribution >= 0.6 is 0 Å². The van der Waals surface area contributed by atoms with Gasteiger partial charge in [-0.1, -0.05) is 29.8 Å². The molecule has 0 radical (unpaired) electrons. The predicted molar refractivity (Wildman–Crippen MR) is 88.6 cm³/mol. The molecule has 0 aliphatic carbocycles. The number of nitrogens with zero attached hydrogens (tertiary/aromatic N) is 2. The number of benzene rings is 1. The second kappa shape index (κ2) is 8.64. The molecule has 1 aromatic rings. The molecule has 2 unspecified atom stereocenters. The van der Waals surface area contributed by atoms with Crippen LogP contribution in [0.3, 0.4) is 0 Å². The maximum Gasteiger partial charge on any atom is 0.188 e. The molecule has 0 heterocycles. The van der Waals surface area contributed by atoms with Gasteiger partial charge in [0.15, 0.2) is 5.96 Å². The zero-order chi connectivity index (χ0) is 15.8. The third-order valence-corrected chi connectivity index (χ3v) is 3.33. The first-order valence-corrected chi connectivity index (χ1v) is 7.22. The van der Waals surface area contributed by atoms with Crippen molar-refractivity contribution >= 4 is 5.96 Å². The molecule has 0 bridgehead atoms. The molecule has 0 aliphatic heterocycles. The Balaban J connectivity index is 2.68. The van der Waals surface area contributed by atoms with Crippen LogP contribution < -0.4 is 11.1 Å². The molecule has 2 atom stereocenters. The number of rotatable bonds is 7. The molecule has 0 saturated carbocycles. The van der Waals surface area contributed by atoms with E-state index in [4.69, 9.17) is 10.5 Å². The van der Waals surface area contributed by atoms with E-state index in [1.54, 1.807) is 7.11 Å². The second-order valence-corrected chi connectivity index (χ2v) is 5.62. The Bertz CT molecular complexity index is 442. The van der Waals surface area contributed by atoms with Crippen molar-refractivity contribution in [3.8, 4) is 0 Å². The Morgan fingerprint density at radius 2 is 1.95 bits per heavy atom. The van der Waals surface area contributed by atoms with Gasteiger partial charge in [-0.25, -0.2) is 0 Å². The first kappa shape index (κ1) is 17.5. The average Bonchev–Trinajstić information content (AvgIpc) is 2.40. The minimum absolute atomic E-state index is 0.149. The van der Waals surface area contributed by atoms with E-state index in [1.807, 2.05) is 6.92 Å². The molecule has 3 N–H and O–H groups in total. The average molecular weight is 292 g/mol. The summed E-state index contributed by atoms with van der Waals surface area (Å²) in [4.78, 5) is 6.61. The van der Waals surface area contributed by atoms with Crippen LogP contribution in [-0.4, -0.2) is 51.3 Å². The van der Waals surface area contributed by atoms with Gasteiger partial charge in [-0.15, -0.1) is 0 Å². The monoisotopic (exact) mass is 292 g/mol. The van der Waals surface area contributed by atoms with E-state index in [0.29, 0.717) is 19.1 Å². The molecule has 0 saturated heterocycles. The molecule has 5 heteroatoms. The van der Waals surface area contributed by atoms with Crippen molar-refractivity contribution in [2.75, 3.05) is 34.4 Å². The number of hydrogen-bond donors (Lipinski definition) is 2. The van der Waals surface area contributed by atoms with Crippen molar-refractivity contribution in [2.24, 2.45) is 10.7 Å². The predicted octanol–water partition coefficient (Wildman–Crippen LogP) is 1.54. The summed E-state index contributed by atoms with van der Waals surface area (Å²) in [5.41, 5.74) is 8.42. The van der Waals surface area contributed by atoms with E-state index in [-0.39, 0.29) is 12.1 Å². The fourth-order valence-corrected chi connectivity index (χ4v) is 2.13. The molecule has 0 spiro atoms. The Hall–Kier alpha value is -1.59. The van der Waals surface area contributed by atoms with Gasteiger partial charge in [0.1, 0.15) is 0 Å². The lowest BCUT2D eigenvalue weighted by atomic mass is 10.0. The van der Waals surface area contributed by atoms with E-state index < -0.39 is 0 Å². The number of likely N-dealkylation sites (N-methyl/N-ethyl adjacent to an activating group) is 1. The number of guanidine groups is 1. The zero-order valence-electron chi connectivity index (χ0n) is 13.8. The quantitative estimate of drug-likeness (QED) is 0.591. The van der Waals surface area contributed by atoms with Gasteiger partial charge in [0, 0.05) is 13.2 Å². The van der Waals surface area contributed by atoms with E-state index in [9.17, 15) is 0 Å². The molecular formula is C16H28N4O. The normalized spacial score (nSPS) is 15.0. The molecule has 0 amide bonds. The number of methoxy groups -OCH3 is 1. The van der Waals surface area contributed by atoms with E-state index in [2.05, 4.69) is 60.5 Å². The maximum absolute atomic E-state index is 5.92. The van der Waals surface area contributed by atoms with Crippen LogP contribution in [0.4, 0.5) is 0 Å². The molecular weight excluding hydrogens is 264 g/mol. The minimum atomic E-state index is 0.149. The summed E-state index contributed by atoms with van der Waals surface area (Å²) in [6.07, 6.45) is 0. The first-order valence-electron chi connectivity index (χ1n) is 7.22. The Morgan fingerprint density at radius 3 is 2.48 bits per heavy atom. The third-order valence-electron chi connectivity index (χ3n) is 3.33. The van der Waals surface area contributed by atoms with Crippen LogP contribution in [0.5, 0.6) is 0 Å². The maximum atomic E-state index is 5.92. The van der Waals surface area contributed by atoms with Gasteiger partial charge >= 0.3 is 0 Å². The van der Waals surface area contributed by atoms with E-state index in [0.717, 1.165) is 0 Å². The summed E-state index contributed by atoms with van der Waals surface area (Å²) in [5.74, 6) is 0.457. The summed E-state index contributed by atoms with van der Waals surface area (Å²) in [7, 11) is 5.78. The SMILES string of the molecule is COCC(C)NC(N)=NCC(c1ccc(C)cc1)N(C)C. The Kier molecular flexibility index (Phi) is 7.19. The van der Waals surface area contributed by atoms with Crippen LogP contribution in [0.1, 0.15) is 24.1 Å². The lowest BCUT2D eigenvalue weighted by Gasteiger charge is -2.23. The van der Waals surface area contributed by atoms with Gasteiger partial charge < -0.3 is 20.7 Å². The molecule has 21 heavy (non-hydrogen) atoms. The van der Waals surface area contributed by atoms with Crippen LogP contribution in [0.2, 0.25) is 0 Å². The number of nitrogens with two attached hydrogens (primary N) is 1. The van der Waals surface area contributed by atoms with Crippen molar-refractivity contribution in [3.63, 3.8) is 0 Å². The highest BCUT2D eigenvalue weighted by Gasteiger charge is 2.13. The molecule has 118 valence electrons. The van der Waals surface area contributed by atoms with Crippen molar-refractivity contribution in [1.82, 2.24) is 10.2 Å². The molecule has 0 aliphatic rings. The lowest BCUT2D eigenvalue weighted by molar-refractivity contribution is 0.179. The number of nitrogens with one attached hydrogen (secondary N) is 1. The molecule has 1 rings (SSSR count). The number of aryl methyl sites for hydroxylation is 1.